The predicted octanol–water partition coefficient (Wildman–Crippen LogP) is 4.60. The molecule has 1 heterocycles. The fourth-order valence-electron chi connectivity index (χ4n) is 2.00. The van der Waals surface area contributed by atoms with Crippen LogP contribution in [0.1, 0.15) is 10.6 Å². The zero-order valence-electron chi connectivity index (χ0n) is 12.8. The van der Waals surface area contributed by atoms with Gasteiger partial charge in [0, 0.05) is 10.9 Å². The number of hydrogen-bond acceptors (Lipinski definition) is 5. The second-order valence-electron chi connectivity index (χ2n) is 5.09. The first kappa shape index (κ1) is 15.8. The summed E-state index contributed by atoms with van der Waals surface area (Å²) in [7, 11) is 0. The molecule has 4 nitrogen and oxygen atoms in total. The molecule has 0 saturated heterocycles. The Morgan fingerprint density at radius 3 is 2.54 bits per heavy atom. The molecule has 0 fully saturated rings. The van der Waals surface area contributed by atoms with Gasteiger partial charge in [0.25, 0.3) is 0 Å². The number of aromatic nitrogens is 1. The zero-order chi connectivity index (χ0) is 16.9. The van der Waals surface area contributed by atoms with Gasteiger partial charge in [-0.1, -0.05) is 17.7 Å². The van der Waals surface area contributed by atoms with E-state index in [9.17, 15) is 9.65 Å². The van der Waals surface area contributed by atoms with E-state index in [0.717, 1.165) is 16.8 Å². The Morgan fingerprint density at radius 1 is 1.17 bits per heavy atom. The maximum atomic E-state index is 13.0. The monoisotopic (exact) mass is 336 g/mol. The first-order valence-electron chi connectivity index (χ1n) is 7.18. The van der Waals surface area contributed by atoms with E-state index >= 15 is 0 Å². The Labute approximate surface area is 142 Å². The summed E-state index contributed by atoms with van der Waals surface area (Å²) >= 11 is 1.32. The van der Waals surface area contributed by atoms with Gasteiger partial charge >= 0.3 is 0 Å². The van der Waals surface area contributed by atoms with Gasteiger partial charge in [-0.3, -0.25) is 5.43 Å². The van der Waals surface area contributed by atoms with Gasteiger partial charge in [-0.15, -0.1) is 11.3 Å². The van der Waals surface area contributed by atoms with E-state index in [1.54, 1.807) is 12.1 Å². The number of nitrogens with zero attached hydrogens (tertiary/aromatic N) is 3. The van der Waals surface area contributed by atoms with Crippen LogP contribution in [0, 0.1) is 24.1 Å². The molecule has 118 valence electrons. The smallest absolute Gasteiger partial charge is 0.196 e. The zero-order valence-corrected chi connectivity index (χ0v) is 13.6. The first-order valence-corrected chi connectivity index (χ1v) is 8.06. The molecule has 0 radical (unpaired) electrons. The van der Waals surface area contributed by atoms with Crippen LogP contribution in [0.3, 0.4) is 0 Å². The summed E-state index contributed by atoms with van der Waals surface area (Å²) in [6, 6.07) is 15.8. The van der Waals surface area contributed by atoms with Gasteiger partial charge in [-0.25, -0.2) is 9.37 Å². The van der Waals surface area contributed by atoms with Crippen LogP contribution >= 0.6 is 11.3 Å². The lowest BCUT2D eigenvalue weighted by Gasteiger charge is -2.01. The fourth-order valence-corrected chi connectivity index (χ4v) is 2.77. The Hall–Kier alpha value is -3.04. The third kappa shape index (κ3) is 3.65. The van der Waals surface area contributed by atoms with Crippen LogP contribution in [-0.4, -0.2) is 10.7 Å². The van der Waals surface area contributed by atoms with E-state index < -0.39 is 0 Å². The summed E-state index contributed by atoms with van der Waals surface area (Å²) in [4.78, 5) is 4.41. The Morgan fingerprint density at radius 2 is 1.88 bits per heavy atom. The summed E-state index contributed by atoms with van der Waals surface area (Å²) < 4.78 is 13.0. The van der Waals surface area contributed by atoms with E-state index in [4.69, 9.17) is 0 Å². The molecule has 1 aromatic heterocycles. The molecule has 0 bridgehead atoms. The normalized spacial score (nSPS) is 11.1. The molecular weight excluding hydrogens is 323 g/mol. The van der Waals surface area contributed by atoms with Gasteiger partial charge in [-0.2, -0.15) is 10.4 Å². The highest BCUT2D eigenvalue weighted by atomic mass is 32.1. The number of hydrogen-bond donors (Lipinski definition) is 1. The SMILES string of the molecule is Cc1ccc(N/N=C(/C#N)c2nc(-c3ccc(F)cc3)cs2)cc1. The molecule has 3 aromatic rings. The van der Waals surface area contributed by atoms with Crippen molar-refractivity contribution < 1.29 is 4.39 Å². The Bertz CT molecular complexity index is 905. The van der Waals surface area contributed by atoms with E-state index in [1.165, 1.54) is 23.5 Å². The van der Waals surface area contributed by atoms with Gasteiger partial charge in [0.1, 0.15) is 11.9 Å². The highest BCUT2D eigenvalue weighted by Crippen LogP contribution is 2.22. The summed E-state index contributed by atoms with van der Waals surface area (Å²) in [6.07, 6.45) is 0. The average molecular weight is 336 g/mol. The third-order valence-electron chi connectivity index (χ3n) is 3.30. The lowest BCUT2D eigenvalue weighted by Crippen LogP contribution is -2.01. The number of benzene rings is 2. The first-order chi connectivity index (χ1) is 11.7. The number of rotatable bonds is 4. The van der Waals surface area contributed by atoms with Gasteiger partial charge < -0.3 is 0 Å². The molecule has 0 aliphatic carbocycles. The standard InChI is InChI=1S/C18H13FN4S/c1-12-2-8-15(9-3-12)22-23-16(10-20)18-21-17(11-24-18)13-4-6-14(19)7-5-13/h2-9,11,22H,1H3/b23-16-. The molecule has 6 heteroatoms. The van der Waals surface area contributed by atoms with Crippen LogP contribution < -0.4 is 5.43 Å². The molecular formula is C18H13FN4S. The second kappa shape index (κ2) is 7.02. The number of anilines is 1. The Balaban J connectivity index is 1.81. The van der Waals surface area contributed by atoms with Crippen molar-refractivity contribution in [1.29, 1.82) is 5.26 Å². The van der Waals surface area contributed by atoms with Crippen molar-refractivity contribution >= 4 is 22.7 Å². The lowest BCUT2D eigenvalue weighted by atomic mass is 10.2. The molecule has 0 spiro atoms. The Kier molecular flexibility index (Phi) is 4.64. The van der Waals surface area contributed by atoms with Gasteiger partial charge in [0.2, 0.25) is 0 Å². The van der Waals surface area contributed by atoms with Crippen molar-refractivity contribution in [2.24, 2.45) is 5.10 Å². The van der Waals surface area contributed by atoms with Crippen LogP contribution in [0.25, 0.3) is 11.3 Å². The molecule has 0 aliphatic heterocycles. The van der Waals surface area contributed by atoms with E-state index in [0.29, 0.717) is 10.7 Å². The molecule has 3 rings (SSSR count). The van der Waals surface area contributed by atoms with Crippen molar-refractivity contribution in [3.63, 3.8) is 0 Å². The van der Waals surface area contributed by atoms with E-state index in [1.807, 2.05) is 42.6 Å². The van der Waals surface area contributed by atoms with Crippen molar-refractivity contribution in [3.05, 3.63) is 70.3 Å². The van der Waals surface area contributed by atoms with Crippen LogP contribution in [0.15, 0.2) is 59.0 Å². The minimum Gasteiger partial charge on any atom is -0.277 e. The van der Waals surface area contributed by atoms with Crippen LogP contribution in [0.4, 0.5) is 10.1 Å². The summed E-state index contributed by atoms with van der Waals surface area (Å²) in [5.41, 5.74) is 6.49. The molecule has 24 heavy (non-hydrogen) atoms. The maximum absolute atomic E-state index is 13.0. The van der Waals surface area contributed by atoms with Gasteiger partial charge in [0.05, 0.1) is 11.4 Å². The van der Waals surface area contributed by atoms with E-state index in [-0.39, 0.29) is 11.5 Å². The predicted molar refractivity (Wildman–Crippen MR) is 94.5 cm³/mol. The second-order valence-corrected chi connectivity index (χ2v) is 5.95. The summed E-state index contributed by atoms with van der Waals surface area (Å²) in [5, 5.41) is 15.8. The van der Waals surface area contributed by atoms with Gasteiger partial charge in [0.15, 0.2) is 10.7 Å². The molecule has 2 aromatic carbocycles. The molecule has 0 amide bonds. The van der Waals surface area contributed by atoms with Crippen molar-refractivity contribution in [3.8, 4) is 17.3 Å². The minimum atomic E-state index is -0.296. The molecule has 0 unspecified atom stereocenters. The quantitative estimate of drug-likeness (QED) is 0.559. The van der Waals surface area contributed by atoms with E-state index in [2.05, 4.69) is 15.5 Å². The molecule has 0 aliphatic rings. The minimum absolute atomic E-state index is 0.203. The topological polar surface area (TPSA) is 61.1 Å². The number of aryl methyl sites for hydroxylation is 1. The number of nitriles is 1. The summed E-state index contributed by atoms with van der Waals surface area (Å²) in [5.74, 6) is -0.296. The lowest BCUT2D eigenvalue weighted by molar-refractivity contribution is 0.628. The molecule has 0 atom stereocenters. The fraction of sp³-hybridized carbons (Fsp3) is 0.0556. The molecule has 0 saturated carbocycles. The van der Waals surface area contributed by atoms with Crippen molar-refractivity contribution in [1.82, 2.24) is 4.98 Å². The van der Waals surface area contributed by atoms with Crippen LogP contribution in [-0.2, 0) is 0 Å². The van der Waals surface area contributed by atoms with Crippen molar-refractivity contribution in [2.75, 3.05) is 5.43 Å². The number of halogens is 1. The largest absolute Gasteiger partial charge is 0.277 e. The highest BCUT2D eigenvalue weighted by Gasteiger charge is 2.10. The molecule has 1 N–H and O–H groups in total. The van der Waals surface area contributed by atoms with Gasteiger partial charge in [-0.05, 0) is 43.3 Å². The average Bonchev–Trinajstić information content (AvgIpc) is 3.08. The highest BCUT2D eigenvalue weighted by molar-refractivity contribution is 7.12. The van der Waals surface area contributed by atoms with Crippen LogP contribution in [0.2, 0.25) is 0 Å². The maximum Gasteiger partial charge on any atom is 0.196 e. The summed E-state index contributed by atoms with van der Waals surface area (Å²) in [6.45, 7) is 2.00. The van der Waals surface area contributed by atoms with Crippen LogP contribution in [0.5, 0.6) is 0 Å². The number of hydrazone groups is 1. The number of thiazole rings is 1. The van der Waals surface area contributed by atoms with Crippen molar-refractivity contribution in [2.45, 2.75) is 6.92 Å². The third-order valence-corrected chi connectivity index (χ3v) is 4.15. The number of nitrogens with one attached hydrogen (secondary N) is 1.